The van der Waals surface area contributed by atoms with Crippen molar-refractivity contribution in [2.24, 2.45) is 0 Å². The highest BCUT2D eigenvalue weighted by Gasteiger charge is 2.22. The van der Waals surface area contributed by atoms with E-state index in [2.05, 4.69) is 25.1 Å². The highest BCUT2D eigenvalue weighted by molar-refractivity contribution is 7.89. The van der Waals surface area contributed by atoms with E-state index >= 15 is 0 Å². The summed E-state index contributed by atoms with van der Waals surface area (Å²) >= 11 is 0. The Labute approximate surface area is 176 Å². The van der Waals surface area contributed by atoms with Crippen LogP contribution >= 0.6 is 0 Å². The first kappa shape index (κ1) is 21.8. The lowest BCUT2D eigenvalue weighted by Crippen LogP contribution is -2.37. The van der Waals surface area contributed by atoms with Gasteiger partial charge in [0.15, 0.2) is 0 Å². The van der Waals surface area contributed by atoms with Crippen LogP contribution in [0.4, 0.5) is 0 Å². The number of benzene rings is 1. The number of carbonyl (C=O) groups excluding carboxylic acids is 1. The normalized spacial score (nSPS) is 11.7. The standard InChI is InChI=1S/C20H26N6O3S/c1-13-8-14(2)16(4)19(15(13)3)30(28,29)25-10-18(27)21-7-5-6-17-9-22-20-23-12-24-26(20)11-17/h8-9,11-12,25H,5-7,10H2,1-4H3,(H,21,27). The third-order valence-corrected chi connectivity index (χ3v) is 6.82. The van der Waals surface area contributed by atoms with Gasteiger partial charge in [0.1, 0.15) is 6.33 Å². The number of hydrogen-bond acceptors (Lipinski definition) is 6. The van der Waals surface area contributed by atoms with E-state index in [1.54, 1.807) is 24.6 Å². The summed E-state index contributed by atoms with van der Waals surface area (Å²) in [5, 5.41) is 6.78. The molecule has 9 nitrogen and oxygen atoms in total. The third kappa shape index (κ3) is 4.82. The first-order valence-corrected chi connectivity index (χ1v) is 11.2. The van der Waals surface area contributed by atoms with Crippen LogP contribution in [0.15, 0.2) is 29.7 Å². The summed E-state index contributed by atoms with van der Waals surface area (Å²) in [6.45, 7) is 7.44. The number of nitrogens with zero attached hydrogens (tertiary/aromatic N) is 4. The lowest BCUT2D eigenvalue weighted by Gasteiger charge is -2.16. The predicted molar refractivity (Wildman–Crippen MR) is 113 cm³/mol. The Kier molecular flexibility index (Phi) is 6.47. The molecule has 1 aromatic carbocycles. The summed E-state index contributed by atoms with van der Waals surface area (Å²) in [5.74, 6) is 0.164. The van der Waals surface area contributed by atoms with Crippen molar-refractivity contribution in [3.8, 4) is 0 Å². The number of aromatic nitrogens is 4. The van der Waals surface area contributed by atoms with Crippen LogP contribution in [-0.2, 0) is 21.2 Å². The fourth-order valence-corrected chi connectivity index (χ4v) is 4.88. The Morgan fingerprint density at radius 3 is 2.50 bits per heavy atom. The molecule has 2 heterocycles. The van der Waals surface area contributed by atoms with Crippen molar-refractivity contribution >= 4 is 21.7 Å². The van der Waals surface area contributed by atoms with Gasteiger partial charge < -0.3 is 5.32 Å². The molecule has 3 aromatic rings. The molecule has 0 saturated heterocycles. The van der Waals surface area contributed by atoms with Gasteiger partial charge in [0.25, 0.3) is 5.78 Å². The number of rotatable bonds is 8. The lowest BCUT2D eigenvalue weighted by molar-refractivity contribution is -0.119. The quantitative estimate of drug-likeness (QED) is 0.521. The number of carbonyl (C=O) groups is 1. The van der Waals surface area contributed by atoms with E-state index in [0.717, 1.165) is 16.7 Å². The molecule has 0 unspecified atom stereocenters. The first-order valence-electron chi connectivity index (χ1n) is 9.67. The number of fused-ring (bicyclic) bond motifs is 1. The van der Waals surface area contributed by atoms with Crippen molar-refractivity contribution < 1.29 is 13.2 Å². The van der Waals surface area contributed by atoms with Gasteiger partial charge in [-0.3, -0.25) is 4.79 Å². The highest BCUT2D eigenvalue weighted by atomic mass is 32.2. The maximum atomic E-state index is 12.8. The van der Waals surface area contributed by atoms with Crippen LogP contribution in [0, 0.1) is 27.7 Å². The third-order valence-electron chi connectivity index (χ3n) is 5.14. The Bertz CT molecular complexity index is 1160. The van der Waals surface area contributed by atoms with Gasteiger partial charge in [0.05, 0.1) is 11.4 Å². The van der Waals surface area contributed by atoms with Crippen LogP contribution < -0.4 is 10.0 Å². The molecular formula is C20H26N6O3S. The Morgan fingerprint density at radius 2 is 1.80 bits per heavy atom. The van der Waals surface area contributed by atoms with E-state index in [0.29, 0.717) is 36.3 Å². The van der Waals surface area contributed by atoms with E-state index in [-0.39, 0.29) is 17.3 Å². The summed E-state index contributed by atoms with van der Waals surface area (Å²) in [6, 6.07) is 1.96. The average molecular weight is 431 g/mol. The molecule has 0 aliphatic heterocycles. The van der Waals surface area contributed by atoms with Gasteiger partial charge in [-0.2, -0.15) is 10.1 Å². The molecule has 0 aliphatic carbocycles. The highest BCUT2D eigenvalue weighted by Crippen LogP contribution is 2.25. The molecule has 0 spiro atoms. The number of nitrogens with one attached hydrogen (secondary N) is 2. The van der Waals surface area contributed by atoms with Crippen molar-refractivity contribution in [2.75, 3.05) is 13.1 Å². The largest absolute Gasteiger partial charge is 0.355 e. The Morgan fingerprint density at radius 1 is 1.10 bits per heavy atom. The van der Waals surface area contributed by atoms with Gasteiger partial charge in [-0.1, -0.05) is 6.07 Å². The van der Waals surface area contributed by atoms with Gasteiger partial charge in [0.2, 0.25) is 15.9 Å². The van der Waals surface area contributed by atoms with Crippen LogP contribution in [0.25, 0.3) is 5.78 Å². The molecule has 0 aliphatic rings. The SMILES string of the molecule is Cc1cc(C)c(C)c(S(=O)(=O)NCC(=O)NCCCc2cnc3ncnn3c2)c1C. The molecule has 0 radical (unpaired) electrons. The predicted octanol–water partition coefficient (Wildman–Crippen LogP) is 1.39. The monoisotopic (exact) mass is 430 g/mol. The fraction of sp³-hybridized carbons (Fsp3) is 0.400. The summed E-state index contributed by atoms with van der Waals surface area (Å²) in [4.78, 5) is 20.5. The van der Waals surface area contributed by atoms with Crippen molar-refractivity contribution in [3.63, 3.8) is 0 Å². The van der Waals surface area contributed by atoms with Crippen LogP contribution in [-0.4, -0.2) is 47.0 Å². The minimum absolute atomic E-state index is 0.254. The topological polar surface area (TPSA) is 118 Å². The Hall–Kier alpha value is -2.85. The van der Waals surface area contributed by atoms with E-state index in [1.807, 2.05) is 26.1 Å². The summed E-state index contributed by atoms with van der Waals surface area (Å²) in [6.07, 6.45) is 6.41. The Balaban J connectivity index is 1.50. The molecule has 0 saturated carbocycles. The second-order valence-electron chi connectivity index (χ2n) is 7.33. The van der Waals surface area contributed by atoms with Crippen molar-refractivity contribution in [1.82, 2.24) is 29.6 Å². The summed E-state index contributed by atoms with van der Waals surface area (Å²) < 4.78 is 29.6. The van der Waals surface area contributed by atoms with Crippen LogP contribution in [0.2, 0.25) is 0 Å². The number of amides is 1. The van der Waals surface area contributed by atoms with E-state index in [9.17, 15) is 13.2 Å². The zero-order valence-corrected chi connectivity index (χ0v) is 18.4. The number of hydrogen-bond donors (Lipinski definition) is 2. The molecule has 0 atom stereocenters. The van der Waals surface area contributed by atoms with Gasteiger partial charge in [-0.15, -0.1) is 0 Å². The fourth-order valence-electron chi connectivity index (χ4n) is 3.29. The van der Waals surface area contributed by atoms with Gasteiger partial charge in [0, 0.05) is 18.9 Å². The number of aryl methyl sites for hydroxylation is 3. The van der Waals surface area contributed by atoms with E-state index in [1.165, 1.54) is 6.33 Å². The molecule has 3 rings (SSSR count). The van der Waals surface area contributed by atoms with Crippen molar-refractivity contribution in [1.29, 1.82) is 0 Å². The van der Waals surface area contributed by atoms with Crippen LogP contribution in [0.1, 0.15) is 34.2 Å². The molecule has 2 aromatic heterocycles. The van der Waals surface area contributed by atoms with Crippen LogP contribution in [0.3, 0.4) is 0 Å². The van der Waals surface area contributed by atoms with Crippen molar-refractivity contribution in [3.05, 3.63) is 52.6 Å². The summed E-state index contributed by atoms with van der Waals surface area (Å²) in [5.41, 5.74) is 4.18. The minimum atomic E-state index is -3.79. The smallest absolute Gasteiger partial charge is 0.252 e. The lowest BCUT2D eigenvalue weighted by atomic mass is 10.0. The molecular weight excluding hydrogens is 404 g/mol. The zero-order chi connectivity index (χ0) is 21.9. The van der Waals surface area contributed by atoms with E-state index < -0.39 is 10.0 Å². The molecule has 1 amide bonds. The molecule has 160 valence electrons. The summed E-state index contributed by atoms with van der Waals surface area (Å²) in [7, 11) is -3.79. The van der Waals surface area contributed by atoms with Gasteiger partial charge in [-0.05, 0) is 68.4 Å². The van der Waals surface area contributed by atoms with Gasteiger partial charge in [-0.25, -0.2) is 22.6 Å². The van der Waals surface area contributed by atoms with Crippen LogP contribution in [0.5, 0.6) is 0 Å². The molecule has 2 N–H and O–H groups in total. The van der Waals surface area contributed by atoms with Crippen molar-refractivity contribution in [2.45, 2.75) is 45.4 Å². The average Bonchev–Trinajstić information content (AvgIpc) is 3.16. The minimum Gasteiger partial charge on any atom is -0.355 e. The second kappa shape index (κ2) is 8.88. The van der Waals surface area contributed by atoms with E-state index in [4.69, 9.17) is 0 Å². The first-order chi connectivity index (χ1) is 14.2. The zero-order valence-electron chi connectivity index (χ0n) is 17.6. The molecule has 0 bridgehead atoms. The maximum Gasteiger partial charge on any atom is 0.252 e. The van der Waals surface area contributed by atoms with Gasteiger partial charge >= 0.3 is 0 Å². The molecule has 0 fully saturated rings. The second-order valence-corrected chi connectivity index (χ2v) is 9.04. The number of sulfonamides is 1. The molecule has 10 heteroatoms. The molecule has 30 heavy (non-hydrogen) atoms. The maximum absolute atomic E-state index is 12.8.